The Bertz CT molecular complexity index is 744. The Morgan fingerprint density at radius 3 is 2.85 bits per heavy atom. The number of phenols is 1. The number of benzene rings is 1. The molecule has 0 unspecified atom stereocenters. The van der Waals surface area contributed by atoms with E-state index in [-0.39, 0.29) is 5.75 Å². The maximum absolute atomic E-state index is 11.1. The molecule has 1 aromatic carbocycles. The van der Waals surface area contributed by atoms with Crippen LogP contribution in [0.1, 0.15) is 5.01 Å². The maximum atomic E-state index is 11.1. The van der Waals surface area contributed by atoms with Crippen molar-refractivity contribution in [2.45, 2.75) is 6.04 Å². The number of carboxylic acid groups (broad SMARTS) is 1. The number of thiazole rings is 1. The molecule has 106 valence electrons. The Kier molecular flexibility index (Phi) is 3.56. The van der Waals surface area contributed by atoms with Crippen LogP contribution in [0.15, 0.2) is 23.2 Å². The summed E-state index contributed by atoms with van der Waals surface area (Å²) in [6, 6.07) is 4.19. The predicted molar refractivity (Wildman–Crippen MR) is 89.6 cm³/mol. The fourth-order valence-electron chi connectivity index (χ4n) is 1.85. The van der Waals surface area contributed by atoms with E-state index >= 15 is 0 Å². The highest BCUT2D eigenvalue weighted by Crippen LogP contribution is 2.68. The minimum atomic E-state index is -1.61. The van der Waals surface area contributed by atoms with Crippen LogP contribution in [0, 0.1) is 0 Å². The first-order chi connectivity index (χ1) is 9.37. The van der Waals surface area contributed by atoms with Crippen molar-refractivity contribution in [3.63, 3.8) is 0 Å². The third kappa shape index (κ3) is 2.47. The van der Waals surface area contributed by atoms with Gasteiger partial charge in [0.05, 0.1) is 10.2 Å². The van der Waals surface area contributed by atoms with Gasteiger partial charge in [0.15, 0.2) is 6.04 Å². The Morgan fingerprint density at radius 1 is 1.45 bits per heavy atom. The SMILES string of the molecule is O=C(O)[C@H]1CS(Br)(Br)C(c2nc3ccc(O)cc3s2)=N1. The Hall–Kier alpha value is -0.640. The summed E-state index contributed by atoms with van der Waals surface area (Å²) in [4.78, 5) is 19.8. The van der Waals surface area contributed by atoms with Crippen molar-refractivity contribution in [1.29, 1.82) is 0 Å². The van der Waals surface area contributed by atoms with Crippen molar-refractivity contribution >= 4 is 69.1 Å². The first-order valence-electron chi connectivity index (χ1n) is 5.47. The van der Waals surface area contributed by atoms with Gasteiger partial charge in [0.25, 0.3) is 0 Å². The molecular formula is C11H8Br2N2O3S2. The molecular weight excluding hydrogens is 432 g/mol. The fourth-order valence-corrected chi connectivity index (χ4v) is 8.21. The standard InChI is InChI=1S/C11H8Br2N2O3S2/c12-20(13)4-7(11(17)18)15-10(20)9-14-6-2-1-5(16)3-8(6)19-9/h1-3,7,16H,4H2,(H,17,18)/t7-/m1/s1. The van der Waals surface area contributed by atoms with Gasteiger partial charge in [-0.15, -0.1) is 11.3 Å². The molecule has 1 aliphatic heterocycles. The zero-order valence-electron chi connectivity index (χ0n) is 9.79. The second-order valence-electron chi connectivity index (χ2n) is 4.20. The molecule has 0 amide bonds. The molecule has 20 heavy (non-hydrogen) atoms. The Labute approximate surface area is 134 Å². The number of aliphatic carboxylic acids is 1. The van der Waals surface area contributed by atoms with Crippen LogP contribution >= 0.6 is 47.9 Å². The van der Waals surface area contributed by atoms with E-state index in [2.05, 4.69) is 39.6 Å². The molecule has 0 saturated carbocycles. The molecule has 5 nitrogen and oxygen atoms in total. The van der Waals surface area contributed by atoms with Gasteiger partial charge < -0.3 is 10.2 Å². The molecule has 0 aliphatic carbocycles. The molecule has 1 aliphatic rings. The number of aromatic hydroxyl groups is 1. The van der Waals surface area contributed by atoms with Crippen molar-refractivity contribution in [1.82, 2.24) is 4.98 Å². The van der Waals surface area contributed by atoms with Crippen molar-refractivity contribution in [3.05, 3.63) is 23.2 Å². The van der Waals surface area contributed by atoms with E-state index in [9.17, 15) is 9.90 Å². The highest BCUT2D eigenvalue weighted by Gasteiger charge is 2.40. The normalized spacial score (nSPS) is 22.7. The fraction of sp³-hybridized carbons (Fsp3) is 0.182. The average Bonchev–Trinajstić information content (AvgIpc) is 2.88. The van der Waals surface area contributed by atoms with Gasteiger partial charge in [-0.2, -0.15) is 0 Å². The van der Waals surface area contributed by atoms with E-state index in [0.717, 1.165) is 10.2 Å². The Balaban J connectivity index is 2.09. The number of aromatic nitrogens is 1. The van der Waals surface area contributed by atoms with Crippen molar-refractivity contribution < 1.29 is 15.0 Å². The lowest BCUT2D eigenvalue weighted by Crippen LogP contribution is -2.18. The second kappa shape index (κ2) is 4.97. The molecule has 0 radical (unpaired) electrons. The van der Waals surface area contributed by atoms with E-state index in [1.54, 1.807) is 18.2 Å². The number of rotatable bonds is 2. The minimum absolute atomic E-state index is 0.181. The summed E-state index contributed by atoms with van der Waals surface area (Å²) < 4.78 is 0.844. The van der Waals surface area contributed by atoms with Crippen LogP contribution in [0.3, 0.4) is 0 Å². The number of aliphatic imine (C=N–C) groups is 1. The molecule has 1 atom stereocenters. The molecule has 0 bridgehead atoms. The van der Waals surface area contributed by atoms with Crippen molar-refractivity contribution in [3.8, 4) is 5.75 Å². The topological polar surface area (TPSA) is 82.8 Å². The summed E-state index contributed by atoms with van der Waals surface area (Å²) >= 11 is 8.49. The van der Waals surface area contributed by atoms with Crippen molar-refractivity contribution in [2.75, 3.05) is 5.75 Å². The highest BCUT2D eigenvalue weighted by atomic mass is 79.9. The number of carbonyl (C=O) groups is 1. The summed E-state index contributed by atoms with van der Waals surface area (Å²) in [6.07, 6.45) is 0. The van der Waals surface area contributed by atoms with E-state index in [4.69, 9.17) is 5.11 Å². The zero-order valence-corrected chi connectivity index (χ0v) is 14.6. The molecule has 2 heterocycles. The number of fused-ring (bicyclic) bond motifs is 1. The number of phenolic OH excluding ortho intramolecular Hbond substituents is 1. The third-order valence-electron chi connectivity index (χ3n) is 2.76. The van der Waals surface area contributed by atoms with Gasteiger partial charge in [0.1, 0.15) is 15.8 Å². The second-order valence-corrected chi connectivity index (χ2v) is 16.3. The van der Waals surface area contributed by atoms with Gasteiger partial charge in [-0.25, -0.2) is 9.78 Å². The first kappa shape index (κ1) is 14.3. The number of carboxylic acids is 1. The summed E-state index contributed by atoms with van der Waals surface area (Å²) in [5, 5.41) is 19.9. The molecule has 9 heteroatoms. The smallest absolute Gasteiger partial charge is 0.329 e. The summed E-state index contributed by atoms with van der Waals surface area (Å²) in [5.74, 6) is -0.353. The zero-order chi connectivity index (χ0) is 14.5. The highest BCUT2D eigenvalue weighted by molar-refractivity contribution is 9.94. The number of hydrogen-bond donors (Lipinski definition) is 2. The van der Waals surface area contributed by atoms with Gasteiger partial charge in [0.2, 0.25) is 0 Å². The lowest BCUT2D eigenvalue weighted by Gasteiger charge is -2.19. The van der Waals surface area contributed by atoms with Crippen LogP contribution in [-0.2, 0) is 4.79 Å². The van der Waals surface area contributed by atoms with E-state index in [0.29, 0.717) is 15.8 Å². The van der Waals surface area contributed by atoms with Crippen LogP contribution in [0.4, 0.5) is 0 Å². The molecule has 0 fully saturated rings. The molecule has 2 aromatic rings. The van der Waals surface area contributed by atoms with Crippen molar-refractivity contribution in [2.24, 2.45) is 4.99 Å². The van der Waals surface area contributed by atoms with Crippen LogP contribution in [0.5, 0.6) is 5.75 Å². The van der Waals surface area contributed by atoms with E-state index < -0.39 is 18.9 Å². The van der Waals surface area contributed by atoms with E-state index in [1.807, 2.05) is 0 Å². The summed E-state index contributed by atoms with van der Waals surface area (Å²) in [6.45, 7) is -1.61. The third-order valence-corrected chi connectivity index (χ3v) is 8.94. The van der Waals surface area contributed by atoms with E-state index in [1.165, 1.54) is 11.3 Å². The van der Waals surface area contributed by atoms with Gasteiger partial charge in [-0.05, 0) is 47.8 Å². The first-order valence-corrected chi connectivity index (χ1v) is 11.8. The van der Waals surface area contributed by atoms with Crippen LogP contribution < -0.4 is 0 Å². The monoisotopic (exact) mass is 438 g/mol. The van der Waals surface area contributed by atoms with Crippen LogP contribution in [0.2, 0.25) is 0 Å². The lowest BCUT2D eigenvalue weighted by atomic mass is 10.3. The number of halogens is 2. The molecule has 1 aromatic heterocycles. The van der Waals surface area contributed by atoms with Gasteiger partial charge in [-0.3, -0.25) is 4.99 Å². The van der Waals surface area contributed by atoms with Gasteiger partial charge in [-0.1, -0.05) is 6.89 Å². The molecule has 2 N–H and O–H groups in total. The predicted octanol–water partition coefficient (Wildman–Crippen LogP) is 3.64. The average molecular weight is 440 g/mol. The summed E-state index contributed by atoms with van der Waals surface area (Å²) in [7, 11) is 0. The Morgan fingerprint density at radius 2 is 2.20 bits per heavy atom. The molecule has 0 spiro atoms. The maximum Gasteiger partial charge on any atom is 0.329 e. The quantitative estimate of drug-likeness (QED) is 0.748. The number of nitrogens with zero attached hydrogens (tertiary/aromatic N) is 2. The summed E-state index contributed by atoms with van der Waals surface area (Å²) in [5.41, 5.74) is 0.763. The largest absolute Gasteiger partial charge is 0.508 e. The van der Waals surface area contributed by atoms with Gasteiger partial charge in [0, 0.05) is 5.75 Å². The lowest BCUT2D eigenvalue weighted by molar-refractivity contribution is -0.137. The van der Waals surface area contributed by atoms with Gasteiger partial charge >= 0.3 is 5.97 Å². The van der Waals surface area contributed by atoms with Crippen LogP contribution in [0.25, 0.3) is 10.2 Å². The van der Waals surface area contributed by atoms with Crippen LogP contribution in [-0.4, -0.2) is 38.0 Å². The number of hydrogen-bond acceptors (Lipinski definition) is 5. The molecule has 3 rings (SSSR count). The molecule has 0 saturated heterocycles. The minimum Gasteiger partial charge on any atom is -0.508 e.